The van der Waals surface area contributed by atoms with Gasteiger partial charge in [-0.1, -0.05) is 23.2 Å². The highest BCUT2D eigenvalue weighted by molar-refractivity contribution is 6.43. The number of carbonyl (C=O) groups excluding carboxylic acids is 2. The lowest BCUT2D eigenvalue weighted by Gasteiger charge is -2.15. The van der Waals surface area contributed by atoms with Gasteiger partial charge in [0.25, 0.3) is 11.8 Å². The molecule has 1 aliphatic heterocycles. The number of benzene rings is 2. The van der Waals surface area contributed by atoms with Gasteiger partial charge in [0.05, 0.1) is 34.8 Å². The highest BCUT2D eigenvalue weighted by Gasteiger charge is 2.36. The molecule has 0 saturated heterocycles. The maximum Gasteiger partial charge on any atom is 0.336 e. The zero-order valence-electron chi connectivity index (χ0n) is 13.9. The number of amides is 2. The van der Waals surface area contributed by atoms with Crippen molar-refractivity contribution in [2.24, 2.45) is 0 Å². The minimum Gasteiger partial charge on any atom is -0.497 e. The van der Waals surface area contributed by atoms with Crippen LogP contribution in [-0.4, -0.2) is 23.8 Å². The first-order chi connectivity index (χ1) is 12.9. The van der Waals surface area contributed by atoms with Crippen LogP contribution in [-0.2, 0) is 6.54 Å². The molecule has 0 bridgehead atoms. The molecule has 2 aromatic carbocycles. The van der Waals surface area contributed by atoms with E-state index in [0.717, 1.165) is 4.90 Å². The molecule has 2 heterocycles. The van der Waals surface area contributed by atoms with E-state index >= 15 is 0 Å². The minimum atomic E-state index is -0.589. The molecule has 136 valence electrons. The Hall–Kier alpha value is -2.83. The second-order valence-electron chi connectivity index (χ2n) is 5.96. The quantitative estimate of drug-likeness (QED) is 0.489. The molecular weight excluding hydrogens is 393 g/mol. The smallest absolute Gasteiger partial charge is 0.336 e. The molecule has 0 aliphatic carbocycles. The highest BCUT2D eigenvalue weighted by atomic mass is 35.5. The van der Waals surface area contributed by atoms with E-state index in [1.807, 2.05) is 0 Å². The fourth-order valence-corrected chi connectivity index (χ4v) is 3.39. The van der Waals surface area contributed by atoms with Crippen molar-refractivity contribution in [3.8, 4) is 5.75 Å². The third-order valence-corrected chi connectivity index (χ3v) is 5.10. The SMILES string of the molecule is COc1ccc2c(CN3C(=O)c4cc(Cl)c(Cl)cc4C3=O)cc(=O)oc2c1. The Morgan fingerprint density at radius 3 is 2.19 bits per heavy atom. The van der Waals surface area contributed by atoms with Crippen LogP contribution in [0.15, 0.2) is 45.6 Å². The summed E-state index contributed by atoms with van der Waals surface area (Å²) in [6, 6.07) is 9.00. The van der Waals surface area contributed by atoms with Crippen LogP contribution in [0, 0.1) is 0 Å². The van der Waals surface area contributed by atoms with Gasteiger partial charge in [-0.05, 0) is 29.8 Å². The number of methoxy groups -OCH3 is 1. The van der Waals surface area contributed by atoms with Gasteiger partial charge in [0.15, 0.2) is 0 Å². The Balaban J connectivity index is 1.78. The van der Waals surface area contributed by atoms with Crippen LogP contribution in [0.5, 0.6) is 5.75 Å². The van der Waals surface area contributed by atoms with Crippen LogP contribution in [0.4, 0.5) is 0 Å². The van der Waals surface area contributed by atoms with E-state index in [4.69, 9.17) is 32.4 Å². The van der Waals surface area contributed by atoms with Crippen molar-refractivity contribution in [1.29, 1.82) is 0 Å². The summed E-state index contributed by atoms with van der Waals surface area (Å²) in [6.45, 7) is -0.0873. The van der Waals surface area contributed by atoms with Crippen LogP contribution in [0.25, 0.3) is 11.0 Å². The fourth-order valence-electron chi connectivity index (χ4n) is 3.07. The van der Waals surface area contributed by atoms with E-state index < -0.39 is 17.4 Å². The van der Waals surface area contributed by atoms with E-state index in [1.165, 1.54) is 25.3 Å². The molecule has 0 unspecified atom stereocenters. The first-order valence-electron chi connectivity index (χ1n) is 7.85. The van der Waals surface area contributed by atoms with E-state index in [0.29, 0.717) is 22.3 Å². The largest absolute Gasteiger partial charge is 0.497 e. The van der Waals surface area contributed by atoms with Gasteiger partial charge in [-0.15, -0.1) is 0 Å². The predicted octanol–water partition coefficient (Wildman–Crippen LogP) is 3.90. The Morgan fingerprint density at radius 1 is 0.963 bits per heavy atom. The number of hydrogen-bond acceptors (Lipinski definition) is 5. The second kappa shape index (κ2) is 6.40. The van der Waals surface area contributed by atoms with Crippen molar-refractivity contribution in [3.05, 3.63) is 73.6 Å². The third-order valence-electron chi connectivity index (χ3n) is 4.38. The molecule has 1 aromatic heterocycles. The molecule has 27 heavy (non-hydrogen) atoms. The van der Waals surface area contributed by atoms with Gasteiger partial charge >= 0.3 is 5.63 Å². The number of imide groups is 1. The molecule has 0 radical (unpaired) electrons. The highest BCUT2D eigenvalue weighted by Crippen LogP contribution is 2.33. The van der Waals surface area contributed by atoms with Gasteiger partial charge in [-0.3, -0.25) is 14.5 Å². The lowest BCUT2D eigenvalue weighted by molar-refractivity contribution is 0.0642. The van der Waals surface area contributed by atoms with Gasteiger partial charge in [-0.2, -0.15) is 0 Å². The average molecular weight is 404 g/mol. The van der Waals surface area contributed by atoms with Crippen LogP contribution in [0.1, 0.15) is 26.3 Å². The van der Waals surface area contributed by atoms with E-state index in [1.54, 1.807) is 18.2 Å². The molecule has 3 aromatic rings. The summed E-state index contributed by atoms with van der Waals surface area (Å²) in [7, 11) is 1.50. The molecule has 0 fully saturated rings. The van der Waals surface area contributed by atoms with Crippen molar-refractivity contribution in [2.45, 2.75) is 6.54 Å². The van der Waals surface area contributed by atoms with Crippen LogP contribution in [0.3, 0.4) is 0 Å². The molecule has 2 amide bonds. The number of nitrogens with zero attached hydrogens (tertiary/aromatic N) is 1. The zero-order valence-corrected chi connectivity index (χ0v) is 15.4. The summed E-state index contributed by atoms with van der Waals surface area (Å²) in [5.74, 6) is -0.472. The Bertz CT molecular complexity index is 1140. The standard InChI is InChI=1S/C19H11Cl2NO5/c1-26-10-2-3-11-9(4-17(23)27-16(11)5-10)8-22-18(24)12-6-14(20)15(21)7-13(12)19(22)25/h2-7H,8H2,1H3. The molecule has 0 atom stereocenters. The topological polar surface area (TPSA) is 76.8 Å². The summed E-state index contributed by atoms with van der Waals surface area (Å²) in [4.78, 5) is 38.3. The van der Waals surface area contributed by atoms with Crippen molar-refractivity contribution in [3.63, 3.8) is 0 Å². The first kappa shape index (κ1) is 17.6. The summed E-state index contributed by atoms with van der Waals surface area (Å²) in [5, 5.41) is 0.982. The Morgan fingerprint density at radius 2 is 1.59 bits per heavy atom. The van der Waals surface area contributed by atoms with Crippen molar-refractivity contribution in [2.75, 3.05) is 7.11 Å². The second-order valence-corrected chi connectivity index (χ2v) is 6.78. The van der Waals surface area contributed by atoms with Crippen molar-refractivity contribution < 1.29 is 18.7 Å². The van der Waals surface area contributed by atoms with Crippen LogP contribution in [0.2, 0.25) is 10.0 Å². The summed E-state index contributed by atoms with van der Waals surface area (Å²) < 4.78 is 10.3. The summed E-state index contributed by atoms with van der Waals surface area (Å²) in [5.41, 5.74) is 0.565. The van der Waals surface area contributed by atoms with Gasteiger partial charge < -0.3 is 9.15 Å². The molecule has 0 N–H and O–H groups in total. The van der Waals surface area contributed by atoms with Gasteiger partial charge in [0.2, 0.25) is 0 Å². The maximum atomic E-state index is 12.7. The number of ether oxygens (including phenoxy) is 1. The lowest BCUT2D eigenvalue weighted by Crippen LogP contribution is -2.29. The maximum absolute atomic E-state index is 12.7. The zero-order chi connectivity index (χ0) is 19.3. The Kier molecular flexibility index (Phi) is 4.17. The summed E-state index contributed by atoms with van der Waals surface area (Å²) in [6.07, 6.45) is 0. The number of rotatable bonds is 3. The van der Waals surface area contributed by atoms with E-state index in [9.17, 15) is 14.4 Å². The predicted molar refractivity (Wildman–Crippen MR) is 99.7 cm³/mol. The number of carbonyl (C=O) groups is 2. The number of halogens is 2. The molecular formula is C19H11Cl2NO5. The molecule has 4 rings (SSSR count). The van der Waals surface area contributed by atoms with Gasteiger partial charge in [0, 0.05) is 17.5 Å². The normalized spacial score (nSPS) is 13.4. The lowest BCUT2D eigenvalue weighted by atomic mass is 10.1. The average Bonchev–Trinajstić information content (AvgIpc) is 2.86. The number of hydrogen-bond donors (Lipinski definition) is 0. The molecule has 0 saturated carbocycles. The molecule has 6 nitrogen and oxygen atoms in total. The van der Waals surface area contributed by atoms with E-state index in [-0.39, 0.29) is 27.7 Å². The molecule has 0 spiro atoms. The fraction of sp³-hybridized carbons (Fsp3) is 0.105. The monoisotopic (exact) mass is 403 g/mol. The van der Waals surface area contributed by atoms with E-state index in [2.05, 4.69) is 0 Å². The van der Waals surface area contributed by atoms with Crippen molar-refractivity contribution >= 4 is 46.0 Å². The molecule has 1 aliphatic rings. The summed E-state index contributed by atoms with van der Waals surface area (Å²) >= 11 is 11.9. The van der Waals surface area contributed by atoms with Crippen molar-refractivity contribution in [1.82, 2.24) is 4.90 Å². The first-order valence-corrected chi connectivity index (χ1v) is 8.60. The Labute approximate surface area is 162 Å². The molecule has 8 heteroatoms. The van der Waals surface area contributed by atoms with Crippen LogP contribution >= 0.6 is 23.2 Å². The van der Waals surface area contributed by atoms with Gasteiger partial charge in [0.1, 0.15) is 11.3 Å². The minimum absolute atomic E-state index is 0.0873. The van der Waals surface area contributed by atoms with Crippen LogP contribution < -0.4 is 10.4 Å². The van der Waals surface area contributed by atoms with Gasteiger partial charge in [-0.25, -0.2) is 4.79 Å². The number of fused-ring (bicyclic) bond motifs is 2. The third kappa shape index (κ3) is 2.87.